The molecule has 4 heteroatoms. The maximum absolute atomic E-state index is 3.83. The van der Waals surface area contributed by atoms with E-state index in [0.717, 1.165) is 11.3 Å². The molecule has 0 aromatic rings. The summed E-state index contributed by atoms with van der Waals surface area (Å²) in [4.78, 5) is 0. The number of rotatable bonds is 6. The van der Waals surface area contributed by atoms with E-state index in [4.69, 9.17) is 0 Å². The number of hydrogen-bond acceptors (Lipinski definition) is 0. The zero-order valence-corrected chi connectivity index (χ0v) is 18.3. The molecule has 0 N–H and O–H groups in total. The van der Waals surface area contributed by atoms with E-state index in [9.17, 15) is 0 Å². The topological polar surface area (TPSA) is 0 Å². The van der Waals surface area contributed by atoms with E-state index in [1.54, 1.807) is 0 Å². The molecule has 2 atom stereocenters. The summed E-state index contributed by atoms with van der Waals surface area (Å²) < 4.78 is 0. The quantitative estimate of drug-likeness (QED) is 0.361. The highest BCUT2D eigenvalue weighted by molar-refractivity contribution is 9.39. The molecule has 0 bridgehead atoms. The number of halogens is 2. The highest BCUT2D eigenvalue weighted by Crippen LogP contribution is 2.55. The summed E-state index contributed by atoms with van der Waals surface area (Å²) >= 11 is 7.66. The predicted molar refractivity (Wildman–Crippen MR) is 107 cm³/mol. The molecular weight excluding hydrogens is 414 g/mol. The van der Waals surface area contributed by atoms with Crippen molar-refractivity contribution in [3.8, 4) is 0 Å². The molecule has 0 amide bonds. The Morgan fingerprint density at radius 3 is 1.25 bits per heavy atom. The van der Waals surface area contributed by atoms with E-state index in [-0.39, 0.29) is 13.2 Å². The standard InChI is InChI=1S/2C8H16BrP/c2*1-2-7-10(9)8-5-3-4-6-8/h2*8H,2-7H2,1H3. The Morgan fingerprint density at radius 1 is 0.700 bits per heavy atom. The van der Waals surface area contributed by atoms with Crippen LogP contribution >= 0.6 is 44.2 Å². The molecule has 20 heavy (non-hydrogen) atoms. The van der Waals surface area contributed by atoms with E-state index in [2.05, 4.69) is 44.8 Å². The first-order valence-electron chi connectivity index (χ1n) is 8.53. The third-order valence-electron chi connectivity index (χ3n) is 4.32. The van der Waals surface area contributed by atoms with Crippen LogP contribution in [0.1, 0.15) is 78.1 Å². The third kappa shape index (κ3) is 7.89. The maximum atomic E-state index is 3.83. The highest BCUT2D eigenvalue weighted by atomic mass is 79.9. The Bertz CT molecular complexity index is 203. The van der Waals surface area contributed by atoms with Gasteiger partial charge in [0.05, 0.1) is 0 Å². The van der Waals surface area contributed by atoms with Crippen LogP contribution in [0.25, 0.3) is 0 Å². The first-order chi connectivity index (χ1) is 9.69. The van der Waals surface area contributed by atoms with Gasteiger partial charge in [-0.3, -0.25) is 0 Å². The first kappa shape index (κ1) is 19.9. The van der Waals surface area contributed by atoms with Gasteiger partial charge in [0.25, 0.3) is 0 Å². The second kappa shape index (κ2) is 12.3. The molecule has 0 radical (unpaired) electrons. The highest BCUT2D eigenvalue weighted by Gasteiger charge is 2.22. The lowest BCUT2D eigenvalue weighted by molar-refractivity contribution is 0.886. The van der Waals surface area contributed by atoms with Crippen molar-refractivity contribution in [1.82, 2.24) is 0 Å². The normalized spacial score (nSPS) is 23.4. The van der Waals surface area contributed by atoms with Crippen LogP contribution in [0.15, 0.2) is 0 Å². The molecule has 2 unspecified atom stereocenters. The fourth-order valence-corrected chi connectivity index (χ4v) is 11.2. The Balaban J connectivity index is 0.000000200. The van der Waals surface area contributed by atoms with Gasteiger partial charge in [0, 0.05) is 0 Å². The van der Waals surface area contributed by atoms with E-state index in [1.807, 2.05) is 0 Å². The lowest BCUT2D eigenvalue weighted by Crippen LogP contribution is -1.96. The zero-order chi connectivity index (χ0) is 14.8. The minimum atomic E-state index is 0.231. The molecule has 0 aromatic heterocycles. The molecule has 0 spiro atoms. The van der Waals surface area contributed by atoms with Crippen LogP contribution in [0.4, 0.5) is 0 Å². The smallest absolute Gasteiger partial charge is 0.0111 e. The molecule has 0 nitrogen and oxygen atoms in total. The summed E-state index contributed by atoms with van der Waals surface area (Å²) in [5.74, 6) is 0. The van der Waals surface area contributed by atoms with Gasteiger partial charge >= 0.3 is 0 Å². The van der Waals surface area contributed by atoms with E-state index in [0.29, 0.717) is 0 Å². The van der Waals surface area contributed by atoms with Crippen molar-refractivity contribution < 1.29 is 0 Å². The summed E-state index contributed by atoms with van der Waals surface area (Å²) in [5.41, 5.74) is 2.13. The van der Waals surface area contributed by atoms with Crippen molar-refractivity contribution in [2.75, 3.05) is 12.3 Å². The van der Waals surface area contributed by atoms with Gasteiger partial charge in [0.1, 0.15) is 0 Å². The molecule has 0 aromatic carbocycles. The minimum absolute atomic E-state index is 0.231. The van der Waals surface area contributed by atoms with Crippen LogP contribution in [-0.2, 0) is 0 Å². The Kier molecular flexibility index (Phi) is 12.2. The van der Waals surface area contributed by atoms with Crippen molar-refractivity contribution in [2.24, 2.45) is 0 Å². The largest absolute Gasteiger partial charge is 0.0650 e. The lowest BCUT2D eigenvalue weighted by atomic mass is 10.4. The Labute approximate surface area is 145 Å². The van der Waals surface area contributed by atoms with Crippen molar-refractivity contribution in [3.63, 3.8) is 0 Å². The van der Waals surface area contributed by atoms with Crippen LogP contribution in [0, 0.1) is 0 Å². The van der Waals surface area contributed by atoms with Crippen LogP contribution in [0.2, 0.25) is 0 Å². The zero-order valence-electron chi connectivity index (χ0n) is 13.3. The molecule has 2 fully saturated rings. The Hall–Kier alpha value is 1.82. The summed E-state index contributed by atoms with van der Waals surface area (Å²) in [5, 5.41) is 0. The van der Waals surface area contributed by atoms with Gasteiger partial charge in [0.15, 0.2) is 0 Å². The average Bonchev–Trinajstić information content (AvgIpc) is 3.14. The van der Waals surface area contributed by atoms with Gasteiger partial charge in [-0.05, 0) is 62.6 Å². The molecule has 0 aliphatic heterocycles. The monoisotopic (exact) mass is 444 g/mol. The summed E-state index contributed by atoms with van der Waals surface area (Å²) in [6, 6.07) is 0. The molecule has 0 saturated heterocycles. The third-order valence-corrected chi connectivity index (χ3v) is 14.3. The fraction of sp³-hybridized carbons (Fsp3) is 1.00. The van der Waals surface area contributed by atoms with Crippen LogP contribution in [-0.4, -0.2) is 23.6 Å². The molecular formula is C16H32Br2P2. The lowest BCUT2D eigenvalue weighted by Gasteiger charge is -2.15. The number of hydrogen-bond donors (Lipinski definition) is 0. The van der Waals surface area contributed by atoms with Crippen LogP contribution in [0.3, 0.4) is 0 Å². The van der Waals surface area contributed by atoms with E-state index >= 15 is 0 Å². The minimum Gasteiger partial charge on any atom is -0.0650 e. The van der Waals surface area contributed by atoms with Crippen LogP contribution in [0.5, 0.6) is 0 Å². The molecule has 120 valence electrons. The van der Waals surface area contributed by atoms with Gasteiger partial charge in [-0.15, -0.1) is 0 Å². The van der Waals surface area contributed by atoms with Crippen molar-refractivity contribution in [1.29, 1.82) is 0 Å². The molecule has 2 aliphatic carbocycles. The Morgan fingerprint density at radius 2 is 1.00 bits per heavy atom. The van der Waals surface area contributed by atoms with E-state index in [1.165, 1.54) is 76.5 Å². The van der Waals surface area contributed by atoms with Gasteiger partial charge in [0.2, 0.25) is 0 Å². The van der Waals surface area contributed by atoms with Gasteiger partial charge in [-0.1, -0.05) is 83.4 Å². The fourth-order valence-electron chi connectivity index (χ4n) is 3.16. The van der Waals surface area contributed by atoms with Crippen molar-refractivity contribution in [2.45, 2.75) is 89.4 Å². The second-order valence-electron chi connectivity index (χ2n) is 6.12. The summed E-state index contributed by atoms with van der Waals surface area (Å²) in [7, 11) is 0. The van der Waals surface area contributed by atoms with Crippen LogP contribution < -0.4 is 0 Å². The summed E-state index contributed by atoms with van der Waals surface area (Å²) in [6.45, 7) is 5.03. The SMILES string of the molecule is CCCP(Br)C1CCCC1.CCCP(Br)C1CCCC1. The molecule has 2 aliphatic rings. The van der Waals surface area contributed by atoms with Crippen molar-refractivity contribution >= 4 is 44.2 Å². The molecule has 2 rings (SSSR count). The molecule has 0 heterocycles. The second-order valence-corrected chi connectivity index (χ2v) is 15.5. The van der Waals surface area contributed by atoms with Gasteiger partial charge in [-0.25, -0.2) is 0 Å². The molecule has 2 saturated carbocycles. The van der Waals surface area contributed by atoms with Gasteiger partial charge < -0.3 is 0 Å². The van der Waals surface area contributed by atoms with Gasteiger partial charge in [-0.2, -0.15) is 0 Å². The first-order valence-corrected chi connectivity index (χ1v) is 15.8. The van der Waals surface area contributed by atoms with E-state index < -0.39 is 0 Å². The summed E-state index contributed by atoms with van der Waals surface area (Å²) in [6.07, 6.45) is 17.5. The average molecular weight is 446 g/mol. The maximum Gasteiger partial charge on any atom is -0.0111 e. The predicted octanol–water partition coefficient (Wildman–Crippen LogP) is 8.26. The van der Waals surface area contributed by atoms with Crippen molar-refractivity contribution in [3.05, 3.63) is 0 Å².